The van der Waals surface area contributed by atoms with Gasteiger partial charge in [0.1, 0.15) is 24.0 Å². The van der Waals surface area contributed by atoms with E-state index < -0.39 is 18.2 Å². The number of aliphatic carboxylic acids is 1. The first kappa shape index (κ1) is 31.3. The van der Waals surface area contributed by atoms with Crippen molar-refractivity contribution < 1.29 is 31.9 Å². The molecule has 0 unspecified atom stereocenters. The van der Waals surface area contributed by atoms with E-state index >= 15 is 0 Å². The van der Waals surface area contributed by atoms with Gasteiger partial charge in [0, 0.05) is 13.0 Å². The van der Waals surface area contributed by atoms with Crippen LogP contribution in [0.4, 0.5) is 17.6 Å². The summed E-state index contributed by atoms with van der Waals surface area (Å²) in [6.07, 6.45) is 1.05. The third kappa shape index (κ3) is 6.72. The summed E-state index contributed by atoms with van der Waals surface area (Å²) in [5.41, 5.74) is 4.35. The maximum atomic E-state index is 13.6. The van der Waals surface area contributed by atoms with E-state index in [1.54, 1.807) is 12.1 Å². The number of allylic oxidation sites excluding steroid dienone is 1. The molecule has 0 atom stereocenters. The zero-order valence-corrected chi connectivity index (χ0v) is 25.4. The van der Waals surface area contributed by atoms with Crippen molar-refractivity contribution in [3.8, 4) is 0 Å². The largest absolute Gasteiger partial charge is 0.542 e. The maximum Gasteiger partial charge on any atom is 0.430 e. The van der Waals surface area contributed by atoms with Crippen LogP contribution in [0.1, 0.15) is 11.3 Å². The van der Waals surface area contributed by atoms with Crippen molar-refractivity contribution in [3.05, 3.63) is 131 Å². The summed E-state index contributed by atoms with van der Waals surface area (Å²) in [5.74, 6) is -3.27. The zero-order chi connectivity index (χ0) is 30.5. The van der Waals surface area contributed by atoms with Crippen LogP contribution >= 0.6 is 22.0 Å². The van der Waals surface area contributed by atoms with E-state index in [4.69, 9.17) is 21.7 Å². The number of halogens is 5. The fourth-order valence-electron chi connectivity index (χ4n) is 4.49. The highest BCUT2D eigenvalue weighted by atomic mass is 79.9. The smallest absolute Gasteiger partial charge is 0.430 e. The summed E-state index contributed by atoms with van der Waals surface area (Å²) in [5, 5.41) is 11.1. The van der Waals surface area contributed by atoms with Gasteiger partial charge in [-0.05, 0) is 56.4 Å². The molecule has 4 nitrogen and oxygen atoms in total. The summed E-state index contributed by atoms with van der Waals surface area (Å²) in [4.78, 5) is 8.78. The van der Waals surface area contributed by atoms with Gasteiger partial charge in [-0.1, -0.05) is 90.7 Å². The lowest BCUT2D eigenvalue weighted by atomic mass is 10.2. The molecule has 5 rings (SSSR count). The van der Waals surface area contributed by atoms with Crippen molar-refractivity contribution >= 4 is 67.5 Å². The van der Waals surface area contributed by atoms with E-state index in [2.05, 4.69) is 111 Å². The number of fused-ring (bicyclic) bond motifs is 1. The Bertz CT molecular complexity index is 1750. The molecule has 3 aromatic carbocycles. The molecule has 0 aliphatic rings. The highest BCUT2D eigenvalue weighted by Gasteiger charge is 2.36. The van der Waals surface area contributed by atoms with Crippen LogP contribution in [-0.4, -0.2) is 16.7 Å². The van der Waals surface area contributed by atoms with Crippen LogP contribution in [0.5, 0.6) is 0 Å². The minimum Gasteiger partial charge on any atom is -0.542 e. The van der Waals surface area contributed by atoms with Crippen LogP contribution < -0.4 is 25.6 Å². The number of rotatable bonds is 6. The van der Waals surface area contributed by atoms with Crippen LogP contribution in [0.3, 0.4) is 0 Å². The molecule has 11 heteroatoms. The minimum absolute atomic E-state index is 0.261. The molecular weight excluding hydrogens is 651 g/mol. The van der Waals surface area contributed by atoms with Crippen LogP contribution in [0.25, 0.3) is 11.7 Å². The van der Waals surface area contributed by atoms with E-state index in [0.717, 1.165) is 16.9 Å². The van der Waals surface area contributed by atoms with E-state index in [9.17, 15) is 17.6 Å². The third-order valence-corrected chi connectivity index (χ3v) is 12.0. The molecule has 0 aliphatic heterocycles. The van der Waals surface area contributed by atoms with Gasteiger partial charge in [0.25, 0.3) is 5.65 Å². The SMILES string of the molecule is Cc1c(P(=S)(c2ccccc2)c2ccccc2)[n+]2ccccc2n1C/C=C/c1ccc(F)c(Br)c1.O=C([O-])C(F)(F)F. The monoisotopic (exact) mass is 674 g/mol. The van der Waals surface area contributed by atoms with Gasteiger partial charge >= 0.3 is 6.18 Å². The van der Waals surface area contributed by atoms with E-state index in [-0.39, 0.29) is 5.82 Å². The number of benzene rings is 3. The number of pyridine rings is 1. The molecule has 216 valence electrons. The fourth-order valence-corrected chi connectivity index (χ4v) is 9.30. The quantitative estimate of drug-likeness (QED) is 0.141. The molecule has 42 heavy (non-hydrogen) atoms. The van der Waals surface area contributed by atoms with Crippen molar-refractivity contribution in [3.63, 3.8) is 0 Å². The Morgan fingerprint density at radius 2 is 1.52 bits per heavy atom. The summed E-state index contributed by atoms with van der Waals surface area (Å²) in [7, 11) is 0. The molecule has 0 aliphatic carbocycles. The number of carbonyl (C=O) groups excluding carboxylic acids is 1. The number of carboxylic acid groups (broad SMARTS) is 1. The Morgan fingerprint density at radius 3 is 2.05 bits per heavy atom. The Kier molecular flexibility index (Phi) is 9.82. The first-order valence-electron chi connectivity index (χ1n) is 12.6. The average molecular weight is 675 g/mol. The van der Waals surface area contributed by atoms with Gasteiger partial charge < -0.3 is 9.90 Å². The second-order valence-electron chi connectivity index (χ2n) is 9.09. The molecule has 0 bridgehead atoms. The average Bonchev–Trinajstić information content (AvgIpc) is 3.26. The second-order valence-corrected chi connectivity index (χ2v) is 14.3. The number of imidazole rings is 1. The molecular formula is C31H24BrF4N2O2PS. The predicted octanol–water partition coefficient (Wildman–Crippen LogP) is 5.20. The normalized spacial score (nSPS) is 11.9. The lowest BCUT2D eigenvalue weighted by molar-refractivity contribution is -0.490. The topological polar surface area (TPSA) is 49.2 Å². The molecule has 2 heterocycles. The summed E-state index contributed by atoms with van der Waals surface area (Å²) >= 11 is 9.93. The van der Waals surface area contributed by atoms with E-state index in [1.807, 2.05) is 18.2 Å². The Balaban J connectivity index is 0.000000517. The number of carboxylic acids is 1. The molecule has 0 saturated heterocycles. The zero-order valence-electron chi connectivity index (χ0n) is 22.1. The van der Waals surface area contributed by atoms with Crippen LogP contribution in [-0.2, 0) is 23.1 Å². The van der Waals surface area contributed by atoms with Gasteiger partial charge in [0.15, 0.2) is 5.44 Å². The Labute approximate surface area is 253 Å². The lowest BCUT2D eigenvalue weighted by Gasteiger charge is -2.21. The Morgan fingerprint density at radius 1 is 0.976 bits per heavy atom. The van der Waals surface area contributed by atoms with Gasteiger partial charge in [0.05, 0.1) is 16.7 Å². The number of hydrogen-bond donors (Lipinski definition) is 0. The van der Waals surface area contributed by atoms with Gasteiger partial charge in [-0.3, -0.25) is 0 Å². The number of aromatic nitrogens is 2. The van der Waals surface area contributed by atoms with Gasteiger partial charge in [0.2, 0.25) is 0 Å². The van der Waals surface area contributed by atoms with Gasteiger partial charge in [-0.15, -0.1) is 0 Å². The van der Waals surface area contributed by atoms with E-state index in [0.29, 0.717) is 11.0 Å². The van der Waals surface area contributed by atoms with Gasteiger partial charge in [-0.25, -0.2) is 8.96 Å². The van der Waals surface area contributed by atoms with Crippen LogP contribution in [0, 0.1) is 12.7 Å². The number of nitrogens with zero attached hydrogens (tertiary/aromatic N) is 2. The van der Waals surface area contributed by atoms with Gasteiger partial charge in [-0.2, -0.15) is 17.6 Å². The molecule has 0 saturated carbocycles. The Hall–Kier alpha value is -3.59. The lowest BCUT2D eigenvalue weighted by Crippen LogP contribution is -2.42. The molecule has 0 radical (unpaired) electrons. The molecule has 0 amide bonds. The molecule has 0 N–H and O–H groups in total. The van der Waals surface area contributed by atoms with Crippen LogP contribution in [0.2, 0.25) is 0 Å². The molecule has 5 aromatic rings. The highest BCUT2D eigenvalue weighted by Crippen LogP contribution is 2.43. The van der Waals surface area contributed by atoms with Crippen molar-refractivity contribution in [2.75, 3.05) is 0 Å². The van der Waals surface area contributed by atoms with Crippen molar-refractivity contribution in [1.29, 1.82) is 0 Å². The number of hydrogen-bond acceptors (Lipinski definition) is 3. The summed E-state index contributed by atoms with van der Waals surface area (Å²) in [6, 6.07) is 30.0. The highest BCUT2D eigenvalue weighted by molar-refractivity contribution is 9.10. The molecule has 2 aromatic heterocycles. The summed E-state index contributed by atoms with van der Waals surface area (Å²) < 4.78 is 50.2. The molecule has 0 fully saturated rings. The maximum absolute atomic E-state index is 13.6. The second kappa shape index (κ2) is 13.2. The minimum atomic E-state index is -5.19. The third-order valence-electron chi connectivity index (χ3n) is 6.38. The number of carbonyl (C=O) groups is 1. The standard InChI is InChI=1S/C29H24BrFN2PS.C2HF3O2/c1-22-29(34(35,24-12-4-2-5-13-24)25-14-6-3-7-15-25)33-19-9-8-16-28(33)32(22)20-10-11-23-17-18-27(31)26(30)21-23;3-2(4,5)1(6)7/h2-19,21H,20H2,1H3;(H,6,7)/q+1;/p-1/b11-10+;. The van der Waals surface area contributed by atoms with Crippen molar-refractivity contribution in [1.82, 2.24) is 4.57 Å². The van der Waals surface area contributed by atoms with E-state index in [1.165, 1.54) is 22.1 Å². The predicted molar refractivity (Wildman–Crippen MR) is 163 cm³/mol. The first-order chi connectivity index (χ1) is 19.9. The van der Waals surface area contributed by atoms with Crippen molar-refractivity contribution in [2.45, 2.75) is 19.6 Å². The number of alkyl halides is 3. The van der Waals surface area contributed by atoms with Crippen molar-refractivity contribution in [2.24, 2.45) is 0 Å². The van der Waals surface area contributed by atoms with Crippen LogP contribution in [0.15, 0.2) is 114 Å². The summed E-state index contributed by atoms with van der Waals surface area (Å²) in [6.45, 7) is 2.84. The fraction of sp³-hybridized carbons (Fsp3) is 0.0968. The molecule has 0 spiro atoms. The first-order valence-corrected chi connectivity index (χ1v) is 16.1.